The Kier molecular flexibility index (Phi) is 10.0. The molecule has 0 amide bonds. The van der Waals surface area contributed by atoms with Crippen molar-refractivity contribution in [2.24, 2.45) is 0 Å². The third kappa shape index (κ3) is 5.23. The molecule has 0 aromatic heterocycles. The first-order valence-electron chi connectivity index (χ1n) is 10.7. The van der Waals surface area contributed by atoms with Crippen LogP contribution in [0.5, 0.6) is 0 Å². The maximum atomic E-state index is 2.31. The van der Waals surface area contributed by atoms with E-state index in [1.165, 1.54) is 44.5 Å². The number of hydrogen-bond donors (Lipinski definition) is 0. The zero-order valence-electron chi connectivity index (χ0n) is 18.9. The first-order chi connectivity index (χ1) is 13.7. The van der Waals surface area contributed by atoms with Crippen LogP contribution in [0.2, 0.25) is 0 Å². The van der Waals surface area contributed by atoms with Gasteiger partial charge < -0.3 is 0 Å². The molecule has 0 spiro atoms. The van der Waals surface area contributed by atoms with Gasteiger partial charge in [0.25, 0.3) is 0 Å². The fraction of sp³-hybridized carbons (Fsp3) is 0.286. The fourth-order valence-electron chi connectivity index (χ4n) is 3.25. The Morgan fingerprint density at radius 2 is 0.929 bits per heavy atom. The number of fused-ring (bicyclic) bond motifs is 3. The highest BCUT2D eigenvalue weighted by Gasteiger charge is 2.23. The molecule has 0 saturated carbocycles. The van der Waals surface area contributed by atoms with E-state index >= 15 is 0 Å². The monoisotopic (exact) mass is 372 g/mol. The molecule has 28 heavy (non-hydrogen) atoms. The van der Waals surface area contributed by atoms with Gasteiger partial charge in [0, 0.05) is 0 Å². The molecule has 0 bridgehead atoms. The predicted octanol–water partition coefficient (Wildman–Crippen LogP) is 8.95. The molecule has 3 aromatic carbocycles. The Morgan fingerprint density at radius 1 is 0.500 bits per heavy atom. The Bertz CT molecular complexity index is 830. The predicted molar refractivity (Wildman–Crippen MR) is 129 cm³/mol. The quantitative estimate of drug-likeness (QED) is 0.313. The summed E-state index contributed by atoms with van der Waals surface area (Å²) in [5.41, 5.74) is 10.6. The van der Waals surface area contributed by atoms with Gasteiger partial charge in [-0.15, -0.1) is 0 Å². The lowest BCUT2D eigenvalue weighted by atomic mass is 9.99. The molecule has 0 heteroatoms. The van der Waals surface area contributed by atoms with Crippen molar-refractivity contribution in [3.8, 4) is 11.1 Å². The van der Waals surface area contributed by atoms with Crippen molar-refractivity contribution < 1.29 is 0 Å². The first-order valence-corrected chi connectivity index (χ1v) is 10.7. The fourth-order valence-corrected chi connectivity index (χ4v) is 3.25. The molecule has 3 aromatic rings. The summed E-state index contributed by atoms with van der Waals surface area (Å²) in [6.07, 6.45) is 2.31. The van der Waals surface area contributed by atoms with Gasteiger partial charge in [-0.2, -0.15) is 0 Å². The molecule has 1 aliphatic carbocycles. The van der Waals surface area contributed by atoms with Crippen LogP contribution in [0, 0.1) is 13.8 Å². The van der Waals surface area contributed by atoms with E-state index in [-0.39, 0.29) is 0 Å². The largest absolute Gasteiger partial charge is 0.0683 e. The average molecular weight is 373 g/mol. The highest BCUT2D eigenvalue weighted by Crippen LogP contribution is 2.45. The van der Waals surface area contributed by atoms with Gasteiger partial charge in [0.05, 0.1) is 0 Å². The van der Waals surface area contributed by atoms with Gasteiger partial charge >= 0.3 is 0 Å². The van der Waals surface area contributed by atoms with Crippen LogP contribution in [0.25, 0.3) is 22.8 Å². The summed E-state index contributed by atoms with van der Waals surface area (Å²) in [6, 6.07) is 24.1. The molecule has 0 nitrogen and oxygen atoms in total. The van der Waals surface area contributed by atoms with Gasteiger partial charge in [-0.05, 0) is 53.3 Å². The Balaban J connectivity index is 0.000000599. The first kappa shape index (κ1) is 23.4. The van der Waals surface area contributed by atoms with Gasteiger partial charge in [-0.3, -0.25) is 0 Å². The minimum Gasteiger partial charge on any atom is -0.0683 e. The van der Waals surface area contributed by atoms with Crippen LogP contribution in [0.15, 0.2) is 66.7 Å². The van der Waals surface area contributed by atoms with Gasteiger partial charge in [-0.1, -0.05) is 119 Å². The summed E-state index contributed by atoms with van der Waals surface area (Å²) in [5, 5.41) is 0. The summed E-state index contributed by atoms with van der Waals surface area (Å²) in [5.74, 6) is 0. The van der Waals surface area contributed by atoms with E-state index in [1.807, 2.05) is 41.5 Å². The number of benzene rings is 3. The highest BCUT2D eigenvalue weighted by atomic mass is 14.3. The molecule has 0 atom stereocenters. The molecular formula is C28H36. The summed E-state index contributed by atoms with van der Waals surface area (Å²) in [4.78, 5) is 0. The van der Waals surface area contributed by atoms with E-state index in [0.717, 1.165) is 0 Å². The van der Waals surface area contributed by atoms with Gasteiger partial charge in [0.1, 0.15) is 0 Å². The van der Waals surface area contributed by atoms with Crippen molar-refractivity contribution in [1.82, 2.24) is 0 Å². The van der Waals surface area contributed by atoms with E-state index in [4.69, 9.17) is 0 Å². The second-order valence-electron chi connectivity index (χ2n) is 6.07. The smallest absolute Gasteiger partial charge is 0.00928 e. The van der Waals surface area contributed by atoms with Crippen molar-refractivity contribution >= 4 is 11.6 Å². The molecule has 148 valence electrons. The molecule has 1 aliphatic rings. The van der Waals surface area contributed by atoms with Crippen LogP contribution in [0.1, 0.15) is 69.4 Å². The van der Waals surface area contributed by atoms with Gasteiger partial charge in [0.15, 0.2) is 0 Å². The summed E-state index contributed by atoms with van der Waals surface area (Å²) in [7, 11) is 0. The van der Waals surface area contributed by atoms with E-state index < -0.39 is 0 Å². The Hall–Kier alpha value is -2.60. The number of hydrogen-bond acceptors (Lipinski definition) is 0. The summed E-state index contributed by atoms with van der Waals surface area (Å²) >= 11 is 0. The lowest BCUT2D eigenvalue weighted by molar-refractivity contribution is 1.46. The minimum atomic E-state index is 1.25. The molecule has 0 N–H and O–H groups in total. The topological polar surface area (TPSA) is 0 Å². The molecular weight excluding hydrogens is 336 g/mol. The van der Waals surface area contributed by atoms with Crippen LogP contribution < -0.4 is 0 Å². The van der Waals surface area contributed by atoms with Gasteiger partial charge in [0.2, 0.25) is 0 Å². The molecule has 0 heterocycles. The molecule has 0 saturated heterocycles. The molecule has 4 rings (SSSR count). The van der Waals surface area contributed by atoms with E-state index in [0.29, 0.717) is 0 Å². The lowest BCUT2D eigenvalue weighted by Crippen LogP contribution is -1.84. The molecule has 0 aliphatic heterocycles. The van der Waals surface area contributed by atoms with Crippen LogP contribution in [0.4, 0.5) is 0 Å². The van der Waals surface area contributed by atoms with Crippen molar-refractivity contribution in [3.05, 3.63) is 94.5 Å². The van der Waals surface area contributed by atoms with Crippen LogP contribution in [-0.2, 0) is 0 Å². The Labute approximate surface area is 173 Å². The zero-order valence-corrected chi connectivity index (χ0v) is 18.9. The highest BCUT2D eigenvalue weighted by molar-refractivity contribution is 6.06. The average Bonchev–Trinajstić information content (AvgIpc) is 3.05. The molecule has 0 radical (unpaired) electrons. The van der Waals surface area contributed by atoms with Crippen LogP contribution >= 0.6 is 0 Å². The number of aryl methyl sites for hydroxylation is 2. The van der Waals surface area contributed by atoms with Gasteiger partial charge in [-0.25, -0.2) is 0 Å². The molecule has 0 fully saturated rings. The third-order valence-corrected chi connectivity index (χ3v) is 4.33. The van der Waals surface area contributed by atoms with Crippen molar-refractivity contribution in [1.29, 1.82) is 0 Å². The SMILES string of the molecule is CC.CC.CC.Cc1ccc2c(c1)C(=Cc1ccccc1)c1cc(C)ccc1-2. The van der Waals surface area contributed by atoms with E-state index in [2.05, 4.69) is 86.7 Å². The standard InChI is InChI=1S/C22H18.3C2H6/c1-15-8-10-18-19-11-9-16(2)13-21(19)22(20(18)12-15)14-17-6-4-3-5-7-17;3*1-2/h3-14H,1-2H3;3*1-2H3. The summed E-state index contributed by atoms with van der Waals surface area (Å²) < 4.78 is 0. The van der Waals surface area contributed by atoms with E-state index in [9.17, 15) is 0 Å². The zero-order chi connectivity index (χ0) is 21.1. The second-order valence-corrected chi connectivity index (χ2v) is 6.07. The number of rotatable bonds is 1. The van der Waals surface area contributed by atoms with Crippen LogP contribution in [0.3, 0.4) is 0 Å². The minimum absolute atomic E-state index is 1.25. The second kappa shape index (κ2) is 12.0. The van der Waals surface area contributed by atoms with Crippen molar-refractivity contribution in [2.45, 2.75) is 55.4 Å². The normalized spacial score (nSPS) is 10.1. The van der Waals surface area contributed by atoms with Crippen LogP contribution in [-0.4, -0.2) is 0 Å². The maximum absolute atomic E-state index is 2.31. The Morgan fingerprint density at radius 3 is 1.36 bits per heavy atom. The maximum Gasteiger partial charge on any atom is -0.00928 e. The summed E-state index contributed by atoms with van der Waals surface area (Å²) in [6.45, 7) is 16.3. The van der Waals surface area contributed by atoms with Crippen molar-refractivity contribution in [2.75, 3.05) is 0 Å². The lowest BCUT2D eigenvalue weighted by Gasteiger charge is -2.05. The van der Waals surface area contributed by atoms with Crippen molar-refractivity contribution in [3.63, 3.8) is 0 Å². The molecule has 0 unspecified atom stereocenters. The van der Waals surface area contributed by atoms with E-state index in [1.54, 1.807) is 0 Å². The third-order valence-electron chi connectivity index (χ3n) is 4.33.